The van der Waals surface area contributed by atoms with E-state index in [-0.39, 0.29) is 4.91 Å². The minimum atomic E-state index is -1.07. The van der Waals surface area contributed by atoms with E-state index in [1.165, 1.54) is 17.8 Å². The first kappa shape index (κ1) is 18.8. The number of para-hydroxylation sites is 1. The molecule has 10 heteroatoms. The zero-order valence-electron chi connectivity index (χ0n) is 14.6. The van der Waals surface area contributed by atoms with E-state index in [1.54, 1.807) is 23.5 Å². The van der Waals surface area contributed by atoms with Crippen LogP contribution < -0.4 is 0 Å². The lowest BCUT2D eigenvalue weighted by Gasteiger charge is -1.97. The molecule has 0 bridgehead atoms. The number of carbonyl (C=O) groups is 1. The third kappa shape index (κ3) is 4.29. The smallest absolute Gasteiger partial charge is 0.342 e. The minimum absolute atomic E-state index is 0.0764. The molecule has 0 fully saturated rings. The zero-order valence-corrected chi connectivity index (χ0v) is 17.0. The quantitative estimate of drug-likeness (QED) is 0.314. The van der Waals surface area contributed by atoms with Crippen LogP contribution in [0.25, 0.3) is 16.3 Å². The topological polar surface area (TPSA) is 105 Å². The number of rotatable bonds is 7. The highest BCUT2D eigenvalue weighted by molar-refractivity contribution is 8.04. The van der Waals surface area contributed by atoms with Crippen LogP contribution in [0.5, 0.6) is 0 Å². The van der Waals surface area contributed by atoms with Gasteiger partial charge in [-0.1, -0.05) is 19.1 Å². The Morgan fingerprint density at radius 3 is 2.89 bits per heavy atom. The van der Waals surface area contributed by atoms with Crippen LogP contribution in [0, 0.1) is 0 Å². The molecule has 0 atom stereocenters. The van der Waals surface area contributed by atoms with Crippen molar-refractivity contribution in [2.24, 2.45) is 0 Å². The number of furan rings is 1. The Bertz CT molecular complexity index is 1130. The van der Waals surface area contributed by atoms with Crippen LogP contribution in [0.3, 0.4) is 0 Å². The number of aliphatic carboxylic acids is 1. The number of thiazole rings is 1. The Morgan fingerprint density at radius 1 is 1.29 bits per heavy atom. The summed E-state index contributed by atoms with van der Waals surface area (Å²) in [5.74, 6) is 0.0872. The molecule has 3 heterocycles. The summed E-state index contributed by atoms with van der Waals surface area (Å²) in [4.78, 5) is 20.4. The number of hydrogen-bond donors (Lipinski definition) is 2. The van der Waals surface area contributed by atoms with Crippen LogP contribution in [-0.2, 0) is 11.2 Å². The maximum Gasteiger partial charge on any atom is 0.342 e. The Morgan fingerprint density at radius 2 is 2.14 bits per heavy atom. The molecule has 7 nitrogen and oxygen atoms in total. The van der Waals surface area contributed by atoms with E-state index in [0.717, 1.165) is 26.3 Å². The first-order valence-electron chi connectivity index (χ1n) is 8.28. The standard InChI is InChI=1S/C18H14N4O3S3/c1-2-14-20-17(22-21-14)26-13(16(23)24)9-10-7-8-15(25-10)28-18-19-11-5-3-4-6-12(11)27-18/h3-9H,2H2,1H3,(H,23,24)(H,20,21,22)/b13-9-. The lowest BCUT2D eigenvalue weighted by Crippen LogP contribution is -1.97. The van der Waals surface area contributed by atoms with Gasteiger partial charge in [0.15, 0.2) is 9.43 Å². The Hall–Kier alpha value is -2.56. The van der Waals surface area contributed by atoms with Crippen molar-refractivity contribution in [1.29, 1.82) is 0 Å². The van der Waals surface area contributed by atoms with E-state index in [9.17, 15) is 9.90 Å². The van der Waals surface area contributed by atoms with Gasteiger partial charge in [-0.2, -0.15) is 0 Å². The highest BCUT2D eigenvalue weighted by Gasteiger charge is 2.15. The molecule has 0 amide bonds. The van der Waals surface area contributed by atoms with Crippen molar-refractivity contribution in [3.63, 3.8) is 0 Å². The van der Waals surface area contributed by atoms with Gasteiger partial charge in [-0.25, -0.2) is 14.8 Å². The molecule has 4 rings (SSSR count). The van der Waals surface area contributed by atoms with E-state index in [4.69, 9.17) is 4.42 Å². The number of aromatic nitrogens is 4. The molecule has 0 saturated carbocycles. The molecule has 1 aromatic carbocycles. The first-order chi connectivity index (χ1) is 13.6. The van der Waals surface area contributed by atoms with E-state index in [1.807, 2.05) is 31.2 Å². The maximum absolute atomic E-state index is 11.6. The number of carboxylic acid groups (broad SMARTS) is 1. The molecule has 4 aromatic rings. The number of fused-ring (bicyclic) bond motifs is 1. The van der Waals surface area contributed by atoms with Gasteiger partial charge in [0, 0.05) is 12.5 Å². The molecular weight excluding hydrogens is 416 g/mol. The fraction of sp³-hybridized carbons (Fsp3) is 0.111. The molecule has 2 N–H and O–H groups in total. The second-order valence-corrected chi connectivity index (χ2v) is 8.83. The van der Waals surface area contributed by atoms with Crippen LogP contribution >= 0.6 is 34.9 Å². The lowest BCUT2D eigenvalue weighted by molar-refractivity contribution is -0.131. The Balaban J connectivity index is 1.51. The zero-order chi connectivity index (χ0) is 19.5. The third-order valence-corrected chi connectivity index (χ3v) is 6.49. The number of aromatic amines is 1. The molecule has 0 aliphatic heterocycles. The molecular formula is C18H14N4O3S3. The van der Waals surface area contributed by atoms with Gasteiger partial charge in [0.05, 0.1) is 10.2 Å². The first-order valence-corrected chi connectivity index (χ1v) is 10.7. The van der Waals surface area contributed by atoms with Gasteiger partial charge in [0.25, 0.3) is 0 Å². The average Bonchev–Trinajstić information content (AvgIpc) is 3.40. The number of aryl methyl sites for hydroxylation is 1. The SMILES string of the molecule is CCc1nc(S/C(=C\c2ccc(Sc3nc4ccccc4s3)o2)C(=O)O)n[nH]1. The van der Waals surface area contributed by atoms with Gasteiger partial charge in [-0.15, -0.1) is 16.4 Å². The molecule has 0 spiro atoms. The van der Waals surface area contributed by atoms with Gasteiger partial charge in [0.1, 0.15) is 16.5 Å². The van der Waals surface area contributed by atoms with Crippen molar-refractivity contribution >= 4 is 57.1 Å². The average molecular weight is 431 g/mol. The highest BCUT2D eigenvalue weighted by Crippen LogP contribution is 2.36. The van der Waals surface area contributed by atoms with Gasteiger partial charge in [-0.05, 0) is 47.8 Å². The third-order valence-electron chi connectivity index (χ3n) is 3.60. The van der Waals surface area contributed by atoms with Crippen molar-refractivity contribution in [3.05, 3.63) is 52.9 Å². The number of nitrogens with zero attached hydrogens (tertiary/aromatic N) is 3. The van der Waals surface area contributed by atoms with Gasteiger partial charge >= 0.3 is 5.97 Å². The summed E-state index contributed by atoms with van der Waals surface area (Å²) in [7, 11) is 0. The summed E-state index contributed by atoms with van der Waals surface area (Å²) in [6.45, 7) is 1.94. The number of carboxylic acids is 1. The van der Waals surface area contributed by atoms with Gasteiger partial charge in [0.2, 0.25) is 5.16 Å². The monoisotopic (exact) mass is 430 g/mol. The van der Waals surface area contributed by atoms with Crippen LogP contribution in [0.1, 0.15) is 18.5 Å². The maximum atomic E-state index is 11.6. The summed E-state index contributed by atoms with van der Waals surface area (Å²) < 4.78 is 7.73. The molecule has 142 valence electrons. The largest absolute Gasteiger partial charge is 0.477 e. The molecule has 0 saturated heterocycles. The summed E-state index contributed by atoms with van der Waals surface area (Å²) in [6, 6.07) is 11.5. The second kappa shape index (κ2) is 8.21. The number of benzene rings is 1. The summed E-state index contributed by atoms with van der Waals surface area (Å²) in [5.41, 5.74) is 0.948. The molecule has 3 aromatic heterocycles. The second-order valence-electron chi connectivity index (χ2n) is 5.54. The predicted molar refractivity (Wildman–Crippen MR) is 110 cm³/mol. The summed E-state index contributed by atoms with van der Waals surface area (Å²) in [5, 5.41) is 17.3. The van der Waals surface area contributed by atoms with Gasteiger partial charge < -0.3 is 9.52 Å². The molecule has 0 aliphatic rings. The number of H-pyrrole nitrogens is 1. The van der Waals surface area contributed by atoms with Crippen molar-refractivity contribution in [1.82, 2.24) is 20.2 Å². The molecule has 28 heavy (non-hydrogen) atoms. The number of nitrogens with one attached hydrogen (secondary N) is 1. The van der Waals surface area contributed by atoms with Crippen molar-refractivity contribution in [3.8, 4) is 0 Å². The molecule has 0 unspecified atom stereocenters. The van der Waals surface area contributed by atoms with Crippen LogP contribution in [0.4, 0.5) is 0 Å². The van der Waals surface area contributed by atoms with Crippen molar-refractivity contribution in [2.75, 3.05) is 0 Å². The Kier molecular flexibility index (Phi) is 5.51. The fourth-order valence-corrected chi connectivity index (χ4v) is 4.97. The summed E-state index contributed by atoms with van der Waals surface area (Å²) in [6.07, 6.45) is 2.17. The summed E-state index contributed by atoms with van der Waals surface area (Å²) >= 11 is 3.97. The normalized spacial score (nSPS) is 12.0. The predicted octanol–water partition coefficient (Wildman–Crippen LogP) is 4.94. The lowest BCUT2D eigenvalue weighted by atomic mass is 10.3. The van der Waals surface area contributed by atoms with Gasteiger partial charge in [-0.3, -0.25) is 5.10 Å². The number of hydrogen-bond acceptors (Lipinski definition) is 8. The molecule has 0 radical (unpaired) electrons. The van der Waals surface area contributed by atoms with E-state index < -0.39 is 5.97 Å². The van der Waals surface area contributed by atoms with E-state index in [0.29, 0.717) is 28.3 Å². The van der Waals surface area contributed by atoms with Crippen molar-refractivity contribution < 1.29 is 14.3 Å². The van der Waals surface area contributed by atoms with Crippen LogP contribution in [0.15, 0.2) is 60.3 Å². The van der Waals surface area contributed by atoms with Crippen LogP contribution in [-0.4, -0.2) is 31.2 Å². The van der Waals surface area contributed by atoms with Crippen molar-refractivity contribution in [2.45, 2.75) is 27.9 Å². The van der Waals surface area contributed by atoms with Crippen LogP contribution in [0.2, 0.25) is 0 Å². The number of thioether (sulfide) groups is 1. The fourth-order valence-electron chi connectivity index (χ4n) is 2.29. The van der Waals surface area contributed by atoms with E-state index in [2.05, 4.69) is 20.2 Å². The molecule has 0 aliphatic carbocycles. The Labute approximate surface area is 172 Å². The van der Waals surface area contributed by atoms with E-state index >= 15 is 0 Å². The highest BCUT2D eigenvalue weighted by atomic mass is 32.2. The minimum Gasteiger partial charge on any atom is -0.477 e.